The number of nitrogens with one attached hydrogen (secondary N) is 2. The molecule has 0 bridgehead atoms. The van der Waals surface area contributed by atoms with Gasteiger partial charge in [-0.05, 0) is 28.5 Å². The number of rotatable bonds is 6. The Bertz CT molecular complexity index is 669. The number of carbonyl (C=O) groups is 1. The van der Waals surface area contributed by atoms with Gasteiger partial charge in [0.1, 0.15) is 0 Å². The van der Waals surface area contributed by atoms with E-state index in [0.717, 1.165) is 22.4 Å². The molecule has 0 heterocycles. The Kier molecular flexibility index (Phi) is 6.59. The first-order valence-corrected chi connectivity index (χ1v) is 8.88. The maximum atomic E-state index is 12.4. The van der Waals surface area contributed by atoms with Crippen LogP contribution in [0.2, 0.25) is 0 Å². The molecule has 0 fully saturated rings. The zero-order valence-electron chi connectivity index (χ0n) is 15.5. The van der Waals surface area contributed by atoms with Gasteiger partial charge in [0, 0.05) is 18.3 Å². The van der Waals surface area contributed by atoms with Crippen molar-refractivity contribution in [2.45, 2.75) is 45.6 Å². The first kappa shape index (κ1) is 19.0. The van der Waals surface area contributed by atoms with Crippen LogP contribution in [0.4, 0.5) is 10.5 Å². The molecule has 134 valence electrons. The van der Waals surface area contributed by atoms with Gasteiger partial charge >= 0.3 is 6.03 Å². The van der Waals surface area contributed by atoms with E-state index in [2.05, 4.69) is 56.5 Å². The molecule has 0 saturated heterocycles. The van der Waals surface area contributed by atoms with E-state index in [9.17, 15) is 4.79 Å². The Morgan fingerprint density at radius 2 is 1.48 bits per heavy atom. The summed E-state index contributed by atoms with van der Waals surface area (Å²) in [5.41, 5.74) is 10.4. The molecule has 0 spiro atoms. The Morgan fingerprint density at radius 3 is 2.00 bits per heavy atom. The summed E-state index contributed by atoms with van der Waals surface area (Å²) >= 11 is 0. The molecular formula is C21H29N3O. The van der Waals surface area contributed by atoms with Crippen LogP contribution in [0.3, 0.4) is 0 Å². The first-order valence-electron chi connectivity index (χ1n) is 8.88. The lowest BCUT2D eigenvalue weighted by molar-refractivity contribution is 0.251. The monoisotopic (exact) mass is 339 g/mol. The zero-order chi connectivity index (χ0) is 18.4. The van der Waals surface area contributed by atoms with Crippen LogP contribution < -0.4 is 16.4 Å². The molecule has 0 aliphatic carbocycles. The number of para-hydroxylation sites is 1. The summed E-state index contributed by atoms with van der Waals surface area (Å²) in [6.07, 6.45) is 0. The van der Waals surface area contributed by atoms with Crippen molar-refractivity contribution in [1.29, 1.82) is 0 Å². The van der Waals surface area contributed by atoms with Gasteiger partial charge < -0.3 is 16.4 Å². The highest BCUT2D eigenvalue weighted by atomic mass is 16.2. The van der Waals surface area contributed by atoms with Crippen molar-refractivity contribution >= 4 is 11.7 Å². The number of benzene rings is 2. The summed E-state index contributed by atoms with van der Waals surface area (Å²) in [6.45, 7) is 8.92. The fraction of sp³-hybridized carbons (Fsp3) is 0.381. The van der Waals surface area contributed by atoms with E-state index in [4.69, 9.17) is 5.73 Å². The lowest BCUT2D eigenvalue weighted by Crippen LogP contribution is -2.35. The first-order chi connectivity index (χ1) is 11.9. The van der Waals surface area contributed by atoms with Gasteiger partial charge in [0.2, 0.25) is 0 Å². The second-order valence-electron chi connectivity index (χ2n) is 6.97. The molecule has 0 aliphatic heterocycles. The average Bonchev–Trinajstić information content (AvgIpc) is 2.60. The minimum atomic E-state index is -0.225. The summed E-state index contributed by atoms with van der Waals surface area (Å²) in [4.78, 5) is 12.4. The Labute approximate surface area is 150 Å². The fourth-order valence-corrected chi connectivity index (χ4v) is 2.87. The third-order valence-corrected chi connectivity index (χ3v) is 4.32. The van der Waals surface area contributed by atoms with E-state index in [1.54, 1.807) is 0 Å². The third kappa shape index (κ3) is 5.07. The number of anilines is 1. The molecule has 0 aliphatic rings. The lowest BCUT2D eigenvalue weighted by atomic mass is 9.93. The van der Waals surface area contributed by atoms with E-state index in [0.29, 0.717) is 18.4 Å². The normalized spacial score (nSPS) is 12.3. The van der Waals surface area contributed by atoms with E-state index in [1.807, 2.05) is 30.3 Å². The van der Waals surface area contributed by atoms with Crippen LogP contribution in [-0.2, 0) is 0 Å². The topological polar surface area (TPSA) is 67.2 Å². The predicted octanol–water partition coefficient (Wildman–Crippen LogP) is 4.75. The Hall–Kier alpha value is -2.33. The molecule has 2 amide bonds. The number of hydrogen-bond acceptors (Lipinski definition) is 2. The summed E-state index contributed by atoms with van der Waals surface area (Å²) in [5.74, 6) is 0.668. The van der Waals surface area contributed by atoms with Gasteiger partial charge in [-0.1, -0.05) is 76.2 Å². The Morgan fingerprint density at radius 1 is 0.920 bits per heavy atom. The molecule has 0 aromatic heterocycles. The fourth-order valence-electron chi connectivity index (χ4n) is 2.87. The maximum absolute atomic E-state index is 12.4. The van der Waals surface area contributed by atoms with Crippen LogP contribution in [-0.4, -0.2) is 12.6 Å². The molecule has 2 aromatic carbocycles. The van der Waals surface area contributed by atoms with Crippen molar-refractivity contribution < 1.29 is 4.79 Å². The number of carbonyl (C=O) groups excluding carboxylic acids is 1. The van der Waals surface area contributed by atoms with E-state index < -0.39 is 0 Å². The SMILES string of the molecule is CC(C)c1cccc(C(C)C)c1NC(=O)NC[C@H](N)c1ccccc1. The van der Waals surface area contributed by atoms with Gasteiger partial charge in [-0.15, -0.1) is 0 Å². The van der Waals surface area contributed by atoms with Crippen molar-refractivity contribution in [1.82, 2.24) is 5.32 Å². The van der Waals surface area contributed by atoms with Gasteiger partial charge in [-0.3, -0.25) is 0 Å². The van der Waals surface area contributed by atoms with Crippen LogP contribution >= 0.6 is 0 Å². The largest absolute Gasteiger partial charge is 0.336 e. The van der Waals surface area contributed by atoms with Crippen molar-refractivity contribution in [3.63, 3.8) is 0 Å². The quantitative estimate of drug-likeness (QED) is 0.710. The second-order valence-corrected chi connectivity index (χ2v) is 6.97. The minimum Gasteiger partial charge on any atom is -0.336 e. The highest BCUT2D eigenvalue weighted by Crippen LogP contribution is 2.32. The smallest absolute Gasteiger partial charge is 0.319 e. The second kappa shape index (κ2) is 8.67. The Balaban J connectivity index is 2.07. The lowest BCUT2D eigenvalue weighted by Gasteiger charge is -2.21. The molecule has 1 atom stereocenters. The van der Waals surface area contributed by atoms with Crippen LogP contribution in [0.25, 0.3) is 0 Å². The zero-order valence-corrected chi connectivity index (χ0v) is 15.5. The predicted molar refractivity (Wildman–Crippen MR) is 105 cm³/mol. The summed E-state index contributed by atoms with van der Waals surface area (Å²) in [7, 11) is 0. The van der Waals surface area contributed by atoms with Gasteiger partial charge in [-0.2, -0.15) is 0 Å². The van der Waals surface area contributed by atoms with Gasteiger partial charge in [0.15, 0.2) is 0 Å². The molecule has 2 rings (SSSR count). The van der Waals surface area contributed by atoms with Crippen LogP contribution in [0.1, 0.15) is 62.3 Å². The van der Waals surface area contributed by atoms with Crippen LogP contribution in [0.5, 0.6) is 0 Å². The third-order valence-electron chi connectivity index (χ3n) is 4.32. The van der Waals surface area contributed by atoms with Gasteiger partial charge in [0.25, 0.3) is 0 Å². The standard InChI is InChI=1S/C21H29N3O/c1-14(2)17-11-8-12-18(15(3)4)20(17)24-21(25)23-13-19(22)16-9-6-5-7-10-16/h5-12,14-15,19H,13,22H2,1-4H3,(H2,23,24,25)/t19-/m0/s1. The molecule has 0 unspecified atom stereocenters. The molecule has 4 N–H and O–H groups in total. The molecular weight excluding hydrogens is 310 g/mol. The van der Waals surface area contributed by atoms with Gasteiger partial charge in [-0.25, -0.2) is 4.79 Å². The molecule has 4 nitrogen and oxygen atoms in total. The minimum absolute atomic E-state index is 0.221. The van der Waals surface area contributed by atoms with E-state index in [1.165, 1.54) is 0 Å². The molecule has 0 radical (unpaired) electrons. The van der Waals surface area contributed by atoms with Crippen LogP contribution in [0, 0.1) is 0 Å². The number of hydrogen-bond donors (Lipinski definition) is 3. The maximum Gasteiger partial charge on any atom is 0.319 e. The molecule has 0 saturated carbocycles. The molecule has 2 aromatic rings. The number of nitrogens with two attached hydrogens (primary N) is 1. The van der Waals surface area contributed by atoms with Crippen molar-refractivity contribution in [3.8, 4) is 0 Å². The van der Waals surface area contributed by atoms with Crippen molar-refractivity contribution in [3.05, 3.63) is 65.2 Å². The van der Waals surface area contributed by atoms with Gasteiger partial charge in [0.05, 0.1) is 0 Å². The highest BCUT2D eigenvalue weighted by molar-refractivity contribution is 5.91. The molecule has 4 heteroatoms. The van der Waals surface area contributed by atoms with Crippen molar-refractivity contribution in [2.24, 2.45) is 5.73 Å². The summed E-state index contributed by atoms with van der Waals surface area (Å²) < 4.78 is 0. The van der Waals surface area contributed by atoms with E-state index >= 15 is 0 Å². The summed E-state index contributed by atoms with van der Waals surface area (Å²) in [6, 6.07) is 15.5. The van der Waals surface area contributed by atoms with Crippen LogP contribution in [0.15, 0.2) is 48.5 Å². The molecule has 25 heavy (non-hydrogen) atoms. The summed E-state index contributed by atoms with van der Waals surface area (Å²) in [5, 5.41) is 5.93. The number of urea groups is 1. The highest BCUT2D eigenvalue weighted by Gasteiger charge is 2.16. The average molecular weight is 339 g/mol. The number of amides is 2. The van der Waals surface area contributed by atoms with E-state index in [-0.39, 0.29) is 12.1 Å². The van der Waals surface area contributed by atoms with Crippen molar-refractivity contribution in [2.75, 3.05) is 11.9 Å².